The van der Waals surface area contributed by atoms with Crippen LogP contribution in [0.1, 0.15) is 26.3 Å². The maximum Gasteiger partial charge on any atom is 0.311 e. The van der Waals surface area contributed by atoms with Crippen LogP contribution in [0.3, 0.4) is 0 Å². The van der Waals surface area contributed by atoms with E-state index in [1.54, 1.807) is 0 Å². The molecule has 88 valence electrons. The third kappa shape index (κ3) is 2.84. The molecule has 0 N–H and O–H groups in total. The summed E-state index contributed by atoms with van der Waals surface area (Å²) in [5.41, 5.74) is 0.817. The van der Waals surface area contributed by atoms with Crippen molar-refractivity contribution < 1.29 is 9.53 Å². The van der Waals surface area contributed by atoms with Gasteiger partial charge in [0, 0.05) is 0 Å². The first kappa shape index (κ1) is 12.8. The van der Waals surface area contributed by atoms with Gasteiger partial charge in [0.2, 0.25) is 0 Å². The van der Waals surface area contributed by atoms with Gasteiger partial charge in [0.15, 0.2) is 0 Å². The highest BCUT2D eigenvalue weighted by Crippen LogP contribution is 2.30. The molecule has 0 aliphatic rings. The molecule has 0 saturated carbocycles. The standard InChI is InChI=1S/C14H20O2/c1-11(14(2,3)13(15)16-4)10-12-8-6-5-7-9-12/h5-9,11H,10H2,1-4H3/t11-/m1/s1. The normalized spacial score (nSPS) is 13.2. The van der Waals surface area contributed by atoms with Crippen LogP contribution in [0, 0.1) is 11.3 Å². The lowest BCUT2D eigenvalue weighted by molar-refractivity contribution is -0.153. The van der Waals surface area contributed by atoms with E-state index in [-0.39, 0.29) is 11.9 Å². The summed E-state index contributed by atoms with van der Waals surface area (Å²) in [5, 5.41) is 0. The van der Waals surface area contributed by atoms with Crippen molar-refractivity contribution in [3.05, 3.63) is 35.9 Å². The van der Waals surface area contributed by atoms with E-state index in [0.717, 1.165) is 6.42 Å². The van der Waals surface area contributed by atoms with Crippen LogP contribution in [-0.2, 0) is 16.0 Å². The Morgan fingerprint density at radius 2 is 1.88 bits per heavy atom. The number of hydrogen-bond donors (Lipinski definition) is 0. The molecular formula is C14H20O2. The van der Waals surface area contributed by atoms with Crippen LogP contribution in [0.4, 0.5) is 0 Å². The van der Waals surface area contributed by atoms with Crippen molar-refractivity contribution in [1.82, 2.24) is 0 Å². The first-order valence-corrected chi connectivity index (χ1v) is 5.61. The van der Waals surface area contributed by atoms with E-state index in [4.69, 9.17) is 4.74 Å². The number of carbonyl (C=O) groups is 1. The molecule has 0 fully saturated rings. The van der Waals surface area contributed by atoms with Gasteiger partial charge in [-0.05, 0) is 31.7 Å². The molecule has 0 aliphatic heterocycles. The highest BCUT2D eigenvalue weighted by molar-refractivity contribution is 5.76. The summed E-state index contributed by atoms with van der Waals surface area (Å²) in [5.74, 6) is 0.110. The molecule has 2 heteroatoms. The third-order valence-electron chi connectivity index (χ3n) is 3.33. The number of benzene rings is 1. The Hall–Kier alpha value is -1.31. The second kappa shape index (κ2) is 5.15. The minimum Gasteiger partial charge on any atom is -0.469 e. The van der Waals surface area contributed by atoms with Crippen LogP contribution in [-0.4, -0.2) is 13.1 Å². The first-order chi connectivity index (χ1) is 7.48. The van der Waals surface area contributed by atoms with Crippen molar-refractivity contribution in [3.63, 3.8) is 0 Å². The van der Waals surface area contributed by atoms with E-state index < -0.39 is 5.41 Å². The number of carbonyl (C=O) groups excluding carboxylic acids is 1. The van der Waals surface area contributed by atoms with Crippen molar-refractivity contribution >= 4 is 5.97 Å². The zero-order valence-electron chi connectivity index (χ0n) is 10.5. The Balaban J connectivity index is 2.72. The van der Waals surface area contributed by atoms with E-state index in [1.165, 1.54) is 12.7 Å². The summed E-state index contributed by atoms with van der Waals surface area (Å²) in [6, 6.07) is 10.2. The summed E-state index contributed by atoms with van der Waals surface area (Å²) in [6.07, 6.45) is 0.892. The smallest absolute Gasteiger partial charge is 0.311 e. The summed E-state index contributed by atoms with van der Waals surface area (Å²) >= 11 is 0. The van der Waals surface area contributed by atoms with Gasteiger partial charge in [-0.3, -0.25) is 4.79 Å². The molecule has 1 atom stereocenters. The van der Waals surface area contributed by atoms with Gasteiger partial charge in [0.05, 0.1) is 12.5 Å². The van der Waals surface area contributed by atoms with Crippen LogP contribution in [0.25, 0.3) is 0 Å². The largest absolute Gasteiger partial charge is 0.469 e. The molecule has 0 heterocycles. The second-order valence-electron chi connectivity index (χ2n) is 4.80. The van der Waals surface area contributed by atoms with Crippen molar-refractivity contribution in [1.29, 1.82) is 0 Å². The molecule has 0 unspecified atom stereocenters. The molecule has 1 rings (SSSR count). The summed E-state index contributed by atoms with van der Waals surface area (Å²) < 4.78 is 4.83. The minimum absolute atomic E-state index is 0.143. The molecule has 0 bridgehead atoms. The third-order valence-corrected chi connectivity index (χ3v) is 3.33. The Morgan fingerprint density at radius 1 is 1.31 bits per heavy atom. The van der Waals surface area contributed by atoms with Gasteiger partial charge in [0.25, 0.3) is 0 Å². The van der Waals surface area contributed by atoms with Crippen LogP contribution in [0.15, 0.2) is 30.3 Å². The molecule has 0 spiro atoms. The number of esters is 1. The number of rotatable bonds is 4. The summed E-state index contributed by atoms with van der Waals surface area (Å²) in [7, 11) is 1.44. The molecule has 0 saturated heterocycles. The van der Waals surface area contributed by atoms with Gasteiger partial charge in [0.1, 0.15) is 0 Å². The molecule has 0 radical (unpaired) electrons. The molecular weight excluding hydrogens is 200 g/mol. The predicted octanol–water partition coefficient (Wildman–Crippen LogP) is 3.06. The molecule has 1 aromatic rings. The van der Waals surface area contributed by atoms with E-state index in [0.29, 0.717) is 0 Å². The van der Waals surface area contributed by atoms with Crippen LogP contribution < -0.4 is 0 Å². The average molecular weight is 220 g/mol. The highest BCUT2D eigenvalue weighted by Gasteiger charge is 2.34. The van der Waals surface area contributed by atoms with Gasteiger partial charge >= 0.3 is 5.97 Å². The number of hydrogen-bond acceptors (Lipinski definition) is 2. The maximum atomic E-state index is 11.6. The van der Waals surface area contributed by atoms with Gasteiger partial charge in [-0.2, -0.15) is 0 Å². The van der Waals surface area contributed by atoms with E-state index >= 15 is 0 Å². The minimum atomic E-state index is -0.440. The predicted molar refractivity (Wildman–Crippen MR) is 65.1 cm³/mol. The molecule has 1 aromatic carbocycles. The average Bonchev–Trinajstić information content (AvgIpc) is 2.29. The maximum absolute atomic E-state index is 11.6. The van der Waals surface area contributed by atoms with Crippen molar-refractivity contribution in [3.8, 4) is 0 Å². The van der Waals surface area contributed by atoms with Crippen molar-refractivity contribution in [2.24, 2.45) is 11.3 Å². The van der Waals surface area contributed by atoms with Crippen LogP contribution in [0.5, 0.6) is 0 Å². The summed E-state index contributed by atoms with van der Waals surface area (Å²) in [6.45, 7) is 5.96. The van der Waals surface area contributed by atoms with Crippen LogP contribution in [0.2, 0.25) is 0 Å². The Labute approximate surface area is 97.6 Å². The van der Waals surface area contributed by atoms with Crippen LogP contribution >= 0.6 is 0 Å². The fourth-order valence-corrected chi connectivity index (χ4v) is 1.69. The Kier molecular flexibility index (Phi) is 4.11. The molecule has 2 nitrogen and oxygen atoms in total. The zero-order chi connectivity index (χ0) is 12.2. The molecule has 0 aromatic heterocycles. The topological polar surface area (TPSA) is 26.3 Å². The number of methoxy groups -OCH3 is 1. The molecule has 0 amide bonds. The van der Waals surface area contributed by atoms with E-state index in [1.807, 2.05) is 32.0 Å². The lowest BCUT2D eigenvalue weighted by Gasteiger charge is -2.28. The van der Waals surface area contributed by atoms with Crippen molar-refractivity contribution in [2.75, 3.05) is 7.11 Å². The van der Waals surface area contributed by atoms with Gasteiger partial charge in [-0.25, -0.2) is 0 Å². The SMILES string of the molecule is COC(=O)C(C)(C)[C@H](C)Cc1ccccc1. The van der Waals surface area contributed by atoms with Gasteiger partial charge in [-0.15, -0.1) is 0 Å². The van der Waals surface area contributed by atoms with Gasteiger partial charge in [-0.1, -0.05) is 37.3 Å². The first-order valence-electron chi connectivity index (χ1n) is 5.61. The Morgan fingerprint density at radius 3 is 2.38 bits per heavy atom. The quantitative estimate of drug-likeness (QED) is 0.729. The Bertz CT molecular complexity index is 341. The summed E-state index contributed by atoms with van der Waals surface area (Å²) in [4.78, 5) is 11.6. The highest BCUT2D eigenvalue weighted by atomic mass is 16.5. The zero-order valence-corrected chi connectivity index (χ0v) is 10.5. The lowest BCUT2D eigenvalue weighted by atomic mass is 9.77. The molecule has 16 heavy (non-hydrogen) atoms. The monoisotopic (exact) mass is 220 g/mol. The fourth-order valence-electron chi connectivity index (χ4n) is 1.69. The van der Waals surface area contributed by atoms with Crippen molar-refractivity contribution in [2.45, 2.75) is 27.2 Å². The number of ether oxygens (including phenoxy) is 1. The second-order valence-corrected chi connectivity index (χ2v) is 4.80. The van der Waals surface area contributed by atoms with E-state index in [9.17, 15) is 4.79 Å². The van der Waals surface area contributed by atoms with Gasteiger partial charge < -0.3 is 4.74 Å². The van der Waals surface area contributed by atoms with E-state index in [2.05, 4.69) is 19.1 Å². The molecule has 0 aliphatic carbocycles. The fraction of sp³-hybridized carbons (Fsp3) is 0.500. The lowest BCUT2D eigenvalue weighted by Crippen LogP contribution is -2.33.